The van der Waals surface area contributed by atoms with Crippen molar-refractivity contribution in [3.8, 4) is 0 Å². The molecule has 2 unspecified atom stereocenters. The van der Waals surface area contributed by atoms with Crippen molar-refractivity contribution in [1.82, 2.24) is 0 Å². The molecule has 2 atom stereocenters. The van der Waals surface area contributed by atoms with Gasteiger partial charge >= 0.3 is 0 Å². The van der Waals surface area contributed by atoms with Crippen molar-refractivity contribution in [3.05, 3.63) is 11.6 Å². The molecule has 2 aliphatic rings. The van der Waals surface area contributed by atoms with Crippen LogP contribution in [0.1, 0.15) is 25.7 Å². The number of fused-ring (bicyclic) bond motifs is 2. The highest BCUT2D eigenvalue weighted by molar-refractivity contribution is 5.86. The van der Waals surface area contributed by atoms with Crippen LogP contribution in [0.3, 0.4) is 0 Å². The highest BCUT2D eigenvalue weighted by Gasteiger charge is 2.35. The zero-order chi connectivity index (χ0) is 7.84. The summed E-state index contributed by atoms with van der Waals surface area (Å²) in [5.41, 5.74) is 6.40. The van der Waals surface area contributed by atoms with Crippen LogP contribution >= 0.6 is 0 Å². The molecular weight excluding hydrogens is 138 g/mol. The smallest absolute Gasteiger partial charge is 0.241 e. The zero-order valence-corrected chi connectivity index (χ0v) is 6.55. The quantitative estimate of drug-likeness (QED) is 0.562. The molecule has 0 saturated heterocycles. The standard InChI is InChI=1S/C9H13NO/c10-9(11)5-8-4-6-1-2-7(8)3-6/h5-7H,1-4H2,(H2,10,11)/b8-5+. The lowest BCUT2D eigenvalue weighted by Crippen LogP contribution is -2.09. The number of amides is 1. The summed E-state index contributed by atoms with van der Waals surface area (Å²) in [6, 6.07) is 0. The average molecular weight is 151 g/mol. The molecule has 60 valence electrons. The van der Waals surface area contributed by atoms with Crippen molar-refractivity contribution in [2.24, 2.45) is 17.6 Å². The Bertz CT molecular complexity index is 220. The number of rotatable bonds is 1. The molecule has 2 nitrogen and oxygen atoms in total. The first kappa shape index (κ1) is 6.89. The molecule has 0 aromatic carbocycles. The fraction of sp³-hybridized carbons (Fsp3) is 0.667. The van der Waals surface area contributed by atoms with E-state index in [1.54, 1.807) is 6.08 Å². The van der Waals surface area contributed by atoms with Gasteiger partial charge in [0.1, 0.15) is 0 Å². The number of allylic oxidation sites excluding steroid dienone is 1. The Morgan fingerprint density at radius 1 is 1.55 bits per heavy atom. The third-order valence-corrected chi connectivity index (χ3v) is 2.92. The van der Waals surface area contributed by atoms with Crippen LogP contribution in [0.25, 0.3) is 0 Å². The molecule has 11 heavy (non-hydrogen) atoms. The minimum atomic E-state index is -0.271. The Kier molecular flexibility index (Phi) is 1.48. The molecule has 0 aliphatic heterocycles. The lowest BCUT2D eigenvalue weighted by molar-refractivity contribution is -0.113. The summed E-state index contributed by atoms with van der Waals surface area (Å²) in [5, 5.41) is 0. The maximum Gasteiger partial charge on any atom is 0.241 e. The van der Waals surface area contributed by atoms with Gasteiger partial charge in [0.2, 0.25) is 5.91 Å². The van der Waals surface area contributed by atoms with Crippen molar-refractivity contribution in [1.29, 1.82) is 0 Å². The Hall–Kier alpha value is -0.790. The van der Waals surface area contributed by atoms with Crippen molar-refractivity contribution in [3.63, 3.8) is 0 Å². The third kappa shape index (κ3) is 1.17. The summed E-state index contributed by atoms with van der Waals surface area (Å²) in [6.45, 7) is 0. The van der Waals surface area contributed by atoms with E-state index >= 15 is 0 Å². The van der Waals surface area contributed by atoms with E-state index in [2.05, 4.69) is 0 Å². The zero-order valence-electron chi connectivity index (χ0n) is 6.55. The summed E-state index contributed by atoms with van der Waals surface area (Å²) < 4.78 is 0. The van der Waals surface area contributed by atoms with Crippen LogP contribution < -0.4 is 5.73 Å². The van der Waals surface area contributed by atoms with Crippen molar-refractivity contribution < 1.29 is 4.79 Å². The van der Waals surface area contributed by atoms with E-state index < -0.39 is 0 Å². The Morgan fingerprint density at radius 2 is 2.36 bits per heavy atom. The Morgan fingerprint density at radius 3 is 2.82 bits per heavy atom. The fourth-order valence-corrected chi connectivity index (χ4v) is 2.46. The summed E-state index contributed by atoms with van der Waals surface area (Å²) in [5.74, 6) is 1.30. The molecule has 0 heterocycles. The number of carbonyl (C=O) groups is 1. The molecule has 2 aliphatic carbocycles. The third-order valence-electron chi connectivity index (χ3n) is 2.92. The minimum absolute atomic E-state index is 0.271. The largest absolute Gasteiger partial charge is 0.366 e. The fourth-order valence-electron chi connectivity index (χ4n) is 2.46. The lowest BCUT2D eigenvalue weighted by Gasteiger charge is -2.11. The highest BCUT2D eigenvalue weighted by atomic mass is 16.1. The molecule has 2 fully saturated rings. The summed E-state index contributed by atoms with van der Waals surface area (Å²) in [7, 11) is 0. The van der Waals surface area contributed by atoms with Gasteiger partial charge in [-0.3, -0.25) is 4.79 Å². The van der Waals surface area contributed by atoms with Crippen molar-refractivity contribution in [2.75, 3.05) is 0 Å². The first-order chi connectivity index (χ1) is 5.25. The summed E-state index contributed by atoms with van der Waals surface area (Å²) in [6.07, 6.45) is 6.72. The first-order valence-corrected chi connectivity index (χ1v) is 4.25. The van der Waals surface area contributed by atoms with Gasteiger partial charge in [0.25, 0.3) is 0 Å². The maximum absolute atomic E-state index is 10.6. The van der Waals surface area contributed by atoms with Crippen LogP contribution in [-0.4, -0.2) is 5.91 Å². The second kappa shape index (κ2) is 2.36. The van der Waals surface area contributed by atoms with Gasteiger partial charge in [-0.1, -0.05) is 5.57 Å². The molecule has 0 radical (unpaired) electrons. The number of nitrogens with two attached hydrogens (primary N) is 1. The predicted molar refractivity (Wildman–Crippen MR) is 42.7 cm³/mol. The van der Waals surface area contributed by atoms with Gasteiger partial charge in [0.05, 0.1) is 0 Å². The SMILES string of the molecule is NC(=O)/C=C1\CC2CCC1C2. The van der Waals surface area contributed by atoms with Gasteiger partial charge in [0.15, 0.2) is 0 Å². The molecule has 0 aromatic rings. The minimum Gasteiger partial charge on any atom is -0.366 e. The predicted octanol–water partition coefficient (Wildman–Crippen LogP) is 1.22. The number of primary amides is 1. The van der Waals surface area contributed by atoms with Crippen LogP contribution in [0.4, 0.5) is 0 Å². The molecule has 2 N–H and O–H groups in total. The van der Waals surface area contributed by atoms with Crippen molar-refractivity contribution >= 4 is 5.91 Å². The second-order valence-corrected chi connectivity index (χ2v) is 3.70. The molecule has 2 rings (SSSR count). The van der Waals surface area contributed by atoms with Gasteiger partial charge in [-0.15, -0.1) is 0 Å². The molecule has 2 heteroatoms. The normalized spacial score (nSPS) is 38.4. The van der Waals surface area contributed by atoms with Gasteiger partial charge in [-0.05, 0) is 37.5 Å². The number of hydrogen-bond acceptors (Lipinski definition) is 1. The molecule has 0 spiro atoms. The topological polar surface area (TPSA) is 43.1 Å². The second-order valence-electron chi connectivity index (χ2n) is 3.70. The maximum atomic E-state index is 10.6. The van der Waals surface area contributed by atoms with Crippen LogP contribution in [0.2, 0.25) is 0 Å². The Labute approximate surface area is 66.5 Å². The van der Waals surface area contributed by atoms with Gasteiger partial charge in [-0.25, -0.2) is 0 Å². The molecule has 2 saturated carbocycles. The van der Waals surface area contributed by atoms with E-state index in [1.165, 1.54) is 24.8 Å². The van der Waals surface area contributed by atoms with Crippen LogP contribution in [0.15, 0.2) is 11.6 Å². The van der Waals surface area contributed by atoms with Crippen LogP contribution in [0.5, 0.6) is 0 Å². The van der Waals surface area contributed by atoms with E-state index in [-0.39, 0.29) is 5.91 Å². The number of carbonyl (C=O) groups excluding carboxylic acids is 1. The number of hydrogen-bond donors (Lipinski definition) is 1. The van der Waals surface area contributed by atoms with Gasteiger partial charge in [-0.2, -0.15) is 0 Å². The molecule has 2 bridgehead atoms. The highest BCUT2D eigenvalue weighted by Crippen LogP contribution is 2.47. The van der Waals surface area contributed by atoms with E-state index in [1.807, 2.05) is 0 Å². The van der Waals surface area contributed by atoms with Gasteiger partial charge < -0.3 is 5.73 Å². The molecule has 1 amide bonds. The van der Waals surface area contributed by atoms with E-state index in [0.29, 0.717) is 5.92 Å². The van der Waals surface area contributed by atoms with E-state index in [9.17, 15) is 4.79 Å². The van der Waals surface area contributed by atoms with E-state index in [4.69, 9.17) is 5.73 Å². The van der Waals surface area contributed by atoms with Crippen LogP contribution in [0, 0.1) is 11.8 Å². The summed E-state index contributed by atoms with van der Waals surface area (Å²) >= 11 is 0. The Balaban J connectivity index is 2.13. The monoisotopic (exact) mass is 151 g/mol. The van der Waals surface area contributed by atoms with Crippen molar-refractivity contribution in [2.45, 2.75) is 25.7 Å². The summed E-state index contributed by atoms with van der Waals surface area (Å²) in [4.78, 5) is 10.6. The lowest BCUT2D eigenvalue weighted by atomic mass is 9.94. The molecular formula is C9H13NO. The first-order valence-electron chi connectivity index (χ1n) is 4.25. The van der Waals surface area contributed by atoms with E-state index in [0.717, 1.165) is 12.3 Å². The average Bonchev–Trinajstić information content (AvgIpc) is 2.45. The van der Waals surface area contributed by atoms with Gasteiger partial charge in [0, 0.05) is 6.08 Å². The van der Waals surface area contributed by atoms with Crippen LogP contribution in [-0.2, 0) is 4.79 Å². The molecule has 0 aromatic heterocycles.